The summed E-state index contributed by atoms with van der Waals surface area (Å²) in [6, 6.07) is 1.55. The number of nitrogens with zero attached hydrogens (tertiary/aromatic N) is 2. The minimum Gasteiger partial charge on any atom is -0.485 e. The van der Waals surface area contributed by atoms with Crippen molar-refractivity contribution in [2.45, 2.75) is 26.0 Å². The molecule has 5 nitrogen and oxygen atoms in total. The highest BCUT2D eigenvalue weighted by atomic mass is 16.5. The lowest BCUT2D eigenvalue weighted by Crippen LogP contribution is -2.49. The molecule has 1 aromatic heterocycles. The molecule has 0 bridgehead atoms. The van der Waals surface area contributed by atoms with Gasteiger partial charge >= 0.3 is 0 Å². The number of pyridine rings is 1. The van der Waals surface area contributed by atoms with Crippen LogP contribution in [0.1, 0.15) is 12.5 Å². The van der Waals surface area contributed by atoms with Crippen LogP contribution in [-0.2, 0) is 4.79 Å². The van der Waals surface area contributed by atoms with Crippen molar-refractivity contribution in [2.75, 3.05) is 19.0 Å². The monoisotopic (exact) mass is 235 g/mol. The lowest BCUT2D eigenvalue weighted by Gasteiger charge is -2.21. The molecule has 0 radical (unpaired) electrons. The predicted molar refractivity (Wildman–Crippen MR) is 65.3 cm³/mol. The van der Waals surface area contributed by atoms with E-state index in [1.54, 1.807) is 25.2 Å². The third-order valence-electron chi connectivity index (χ3n) is 2.98. The van der Waals surface area contributed by atoms with Gasteiger partial charge in [0.25, 0.3) is 0 Å². The zero-order valence-electron chi connectivity index (χ0n) is 10.5. The Labute approximate surface area is 101 Å². The highest BCUT2D eigenvalue weighted by molar-refractivity contribution is 5.98. The first-order valence-corrected chi connectivity index (χ1v) is 5.62. The molecule has 5 heteroatoms. The van der Waals surface area contributed by atoms with E-state index in [-0.39, 0.29) is 18.1 Å². The van der Waals surface area contributed by atoms with Gasteiger partial charge in [-0.2, -0.15) is 0 Å². The standard InChI is InChI=1S/C12H17N3O2/c1-7-5-9-11(14-6-7)15(4)12(16)10(13-3)8(2)17-9/h5-6,8,10,13H,1-4H3. The van der Waals surface area contributed by atoms with E-state index in [2.05, 4.69) is 10.3 Å². The molecule has 0 saturated carbocycles. The number of likely N-dealkylation sites (N-methyl/N-ethyl adjacent to an activating group) is 2. The quantitative estimate of drug-likeness (QED) is 0.779. The van der Waals surface area contributed by atoms with Crippen molar-refractivity contribution in [1.29, 1.82) is 0 Å². The molecule has 1 aromatic rings. The van der Waals surface area contributed by atoms with E-state index < -0.39 is 0 Å². The number of hydrogen-bond acceptors (Lipinski definition) is 4. The fourth-order valence-electron chi connectivity index (χ4n) is 2.01. The van der Waals surface area contributed by atoms with Gasteiger partial charge in [0.05, 0.1) is 0 Å². The Kier molecular flexibility index (Phi) is 3.02. The first kappa shape index (κ1) is 11.9. The molecule has 1 N–H and O–H groups in total. The summed E-state index contributed by atoms with van der Waals surface area (Å²) in [6.07, 6.45) is 1.51. The smallest absolute Gasteiger partial charge is 0.248 e. The van der Waals surface area contributed by atoms with E-state index in [0.29, 0.717) is 11.6 Å². The average molecular weight is 235 g/mol. The van der Waals surface area contributed by atoms with Crippen LogP contribution in [-0.4, -0.2) is 37.1 Å². The van der Waals surface area contributed by atoms with Crippen LogP contribution in [0.4, 0.5) is 5.82 Å². The molecule has 2 rings (SSSR count). The lowest BCUT2D eigenvalue weighted by molar-refractivity contribution is -0.121. The first-order valence-electron chi connectivity index (χ1n) is 5.62. The van der Waals surface area contributed by atoms with Gasteiger partial charge in [0, 0.05) is 13.2 Å². The largest absolute Gasteiger partial charge is 0.485 e. The van der Waals surface area contributed by atoms with Crippen molar-refractivity contribution < 1.29 is 9.53 Å². The second-order valence-electron chi connectivity index (χ2n) is 4.32. The summed E-state index contributed by atoms with van der Waals surface area (Å²) in [5.41, 5.74) is 1.01. The van der Waals surface area contributed by atoms with Gasteiger partial charge in [0.1, 0.15) is 12.1 Å². The Morgan fingerprint density at radius 2 is 2.24 bits per heavy atom. The topological polar surface area (TPSA) is 54.5 Å². The Morgan fingerprint density at radius 3 is 2.88 bits per heavy atom. The molecule has 2 atom stereocenters. The number of carbonyl (C=O) groups is 1. The number of anilines is 1. The molecule has 0 aliphatic carbocycles. The van der Waals surface area contributed by atoms with Gasteiger partial charge in [0.15, 0.2) is 11.6 Å². The minimum atomic E-state index is -0.352. The number of ether oxygens (including phenoxy) is 1. The number of nitrogens with one attached hydrogen (secondary N) is 1. The molecule has 1 aliphatic rings. The van der Waals surface area contributed by atoms with Crippen molar-refractivity contribution in [3.05, 3.63) is 17.8 Å². The summed E-state index contributed by atoms with van der Waals surface area (Å²) in [4.78, 5) is 18.0. The molecule has 0 aromatic carbocycles. The Bertz CT molecular complexity index is 447. The van der Waals surface area contributed by atoms with Crippen LogP contribution in [0.2, 0.25) is 0 Å². The number of hydrogen-bond donors (Lipinski definition) is 1. The second-order valence-corrected chi connectivity index (χ2v) is 4.32. The van der Waals surface area contributed by atoms with Crippen LogP contribution in [0.3, 0.4) is 0 Å². The summed E-state index contributed by atoms with van der Waals surface area (Å²) in [7, 11) is 3.47. The van der Waals surface area contributed by atoms with E-state index in [4.69, 9.17) is 4.74 Å². The molecule has 2 heterocycles. The van der Waals surface area contributed by atoms with E-state index in [1.807, 2.05) is 19.9 Å². The van der Waals surface area contributed by atoms with Gasteiger partial charge in [-0.15, -0.1) is 0 Å². The molecule has 0 saturated heterocycles. The maximum absolute atomic E-state index is 12.2. The molecule has 1 amide bonds. The first-order chi connectivity index (χ1) is 8.04. The van der Waals surface area contributed by atoms with Gasteiger partial charge in [0.2, 0.25) is 5.91 Å². The Hall–Kier alpha value is -1.62. The van der Waals surface area contributed by atoms with Crippen molar-refractivity contribution in [3.63, 3.8) is 0 Å². The van der Waals surface area contributed by atoms with Crippen molar-refractivity contribution in [2.24, 2.45) is 0 Å². The summed E-state index contributed by atoms with van der Waals surface area (Å²) in [5.74, 6) is 1.20. The molecule has 0 fully saturated rings. The van der Waals surface area contributed by atoms with Crippen LogP contribution in [0.25, 0.3) is 0 Å². The molecule has 92 valence electrons. The van der Waals surface area contributed by atoms with Crippen LogP contribution in [0.5, 0.6) is 5.75 Å². The van der Waals surface area contributed by atoms with Crippen LogP contribution >= 0.6 is 0 Å². The van der Waals surface area contributed by atoms with E-state index in [0.717, 1.165) is 5.56 Å². The third kappa shape index (κ3) is 1.98. The SMILES string of the molecule is CNC1C(=O)N(C)c2ncc(C)cc2OC1C. The number of rotatable bonds is 1. The minimum absolute atomic E-state index is 0.0323. The number of fused-ring (bicyclic) bond motifs is 1. The van der Waals surface area contributed by atoms with Gasteiger partial charge in [-0.05, 0) is 32.5 Å². The summed E-state index contributed by atoms with van der Waals surface area (Å²) >= 11 is 0. The predicted octanol–water partition coefficient (Wildman–Crippen LogP) is 0.722. The maximum Gasteiger partial charge on any atom is 0.248 e. The van der Waals surface area contributed by atoms with Crippen molar-refractivity contribution >= 4 is 11.7 Å². The van der Waals surface area contributed by atoms with Crippen LogP contribution in [0.15, 0.2) is 12.3 Å². The molecule has 17 heavy (non-hydrogen) atoms. The third-order valence-corrected chi connectivity index (χ3v) is 2.98. The Morgan fingerprint density at radius 1 is 1.53 bits per heavy atom. The molecule has 1 aliphatic heterocycles. The molecule has 0 spiro atoms. The van der Waals surface area contributed by atoms with Gasteiger partial charge in [-0.25, -0.2) is 4.98 Å². The number of aromatic nitrogens is 1. The number of carbonyl (C=O) groups excluding carboxylic acids is 1. The van der Waals surface area contributed by atoms with Crippen LogP contribution < -0.4 is 15.0 Å². The van der Waals surface area contributed by atoms with Gasteiger partial charge < -0.3 is 10.1 Å². The Balaban J connectivity index is 2.48. The average Bonchev–Trinajstić information content (AvgIpc) is 2.36. The number of aryl methyl sites for hydroxylation is 1. The zero-order valence-corrected chi connectivity index (χ0v) is 10.5. The zero-order chi connectivity index (χ0) is 12.6. The highest BCUT2D eigenvalue weighted by Crippen LogP contribution is 2.30. The van der Waals surface area contributed by atoms with Crippen LogP contribution in [0, 0.1) is 6.92 Å². The lowest BCUT2D eigenvalue weighted by atomic mass is 10.1. The molecular weight excluding hydrogens is 218 g/mol. The second kappa shape index (κ2) is 4.33. The molecule has 2 unspecified atom stereocenters. The molecular formula is C12H17N3O2. The van der Waals surface area contributed by atoms with E-state index in [1.165, 1.54) is 0 Å². The normalized spacial score (nSPS) is 24.0. The van der Waals surface area contributed by atoms with Crippen molar-refractivity contribution in [1.82, 2.24) is 10.3 Å². The number of amides is 1. The fourth-order valence-corrected chi connectivity index (χ4v) is 2.01. The van der Waals surface area contributed by atoms with E-state index >= 15 is 0 Å². The van der Waals surface area contributed by atoms with Crippen molar-refractivity contribution in [3.8, 4) is 5.75 Å². The highest BCUT2D eigenvalue weighted by Gasteiger charge is 2.34. The van der Waals surface area contributed by atoms with Gasteiger partial charge in [-0.1, -0.05) is 0 Å². The summed E-state index contributed by atoms with van der Waals surface area (Å²) < 4.78 is 5.79. The fraction of sp³-hybridized carbons (Fsp3) is 0.500. The van der Waals surface area contributed by atoms with Gasteiger partial charge in [-0.3, -0.25) is 9.69 Å². The summed E-state index contributed by atoms with van der Waals surface area (Å²) in [6.45, 7) is 3.83. The summed E-state index contributed by atoms with van der Waals surface area (Å²) in [5, 5.41) is 2.98. The maximum atomic E-state index is 12.2. The van der Waals surface area contributed by atoms with E-state index in [9.17, 15) is 4.79 Å².